The number of carbonyl (C=O) groups excluding carboxylic acids is 1. The summed E-state index contributed by atoms with van der Waals surface area (Å²) in [5.74, 6) is 0. The van der Waals surface area contributed by atoms with Crippen LogP contribution in [0.3, 0.4) is 0 Å². The first kappa shape index (κ1) is 15.2. The van der Waals surface area contributed by atoms with E-state index in [1.807, 2.05) is 61.5 Å². The van der Waals surface area contributed by atoms with Gasteiger partial charge in [0, 0.05) is 16.6 Å². The van der Waals surface area contributed by atoms with Gasteiger partial charge >= 0.3 is 6.03 Å². The third kappa shape index (κ3) is 3.96. The molecule has 1 heterocycles. The van der Waals surface area contributed by atoms with Gasteiger partial charge in [0.1, 0.15) is 0 Å². The van der Waals surface area contributed by atoms with Crippen LogP contribution in [0.4, 0.5) is 10.5 Å². The number of hydrogen-bond donors (Lipinski definition) is 2. The Bertz CT molecular complexity index is 799. The van der Waals surface area contributed by atoms with Crippen molar-refractivity contribution < 1.29 is 4.79 Å². The van der Waals surface area contributed by atoms with Gasteiger partial charge < -0.3 is 10.6 Å². The molecule has 0 aliphatic heterocycles. The third-order valence-corrected chi connectivity index (χ3v) is 4.27. The fourth-order valence-corrected chi connectivity index (χ4v) is 3.02. The van der Waals surface area contributed by atoms with Gasteiger partial charge in [-0.3, -0.25) is 0 Å². The van der Waals surface area contributed by atoms with Crippen LogP contribution in [0.15, 0.2) is 60.8 Å². The molecule has 0 unspecified atom stereocenters. The Morgan fingerprint density at radius 2 is 1.83 bits per heavy atom. The smallest absolute Gasteiger partial charge is 0.319 e. The summed E-state index contributed by atoms with van der Waals surface area (Å²) in [6.07, 6.45) is 1.79. The summed E-state index contributed by atoms with van der Waals surface area (Å²) in [7, 11) is 0. The molecular weight excluding hydrogens is 306 g/mol. The lowest BCUT2D eigenvalue weighted by Gasteiger charge is -2.11. The Labute approximate surface area is 139 Å². The molecule has 23 heavy (non-hydrogen) atoms. The lowest BCUT2D eigenvalue weighted by molar-refractivity contribution is 0.252. The van der Waals surface area contributed by atoms with Crippen LogP contribution < -0.4 is 10.6 Å². The van der Waals surface area contributed by atoms with Crippen LogP contribution in [0.2, 0.25) is 0 Å². The molecule has 2 amide bonds. The van der Waals surface area contributed by atoms with E-state index in [0.717, 1.165) is 26.7 Å². The number of nitrogens with one attached hydrogen (secondary N) is 2. The first-order valence-corrected chi connectivity index (χ1v) is 8.14. The minimum atomic E-state index is -0.223. The first-order chi connectivity index (χ1) is 11.2. The summed E-state index contributed by atoms with van der Waals surface area (Å²) in [5.41, 5.74) is 2.86. The zero-order valence-electron chi connectivity index (χ0n) is 12.7. The van der Waals surface area contributed by atoms with Crippen molar-refractivity contribution >= 4 is 23.1 Å². The first-order valence-electron chi connectivity index (χ1n) is 7.33. The normalized spacial score (nSPS) is 10.3. The Hall–Kier alpha value is -2.66. The summed E-state index contributed by atoms with van der Waals surface area (Å²) in [4.78, 5) is 17.4. The zero-order valence-corrected chi connectivity index (χ0v) is 13.6. The number of carbonyl (C=O) groups is 1. The van der Waals surface area contributed by atoms with Gasteiger partial charge in [-0.15, -0.1) is 11.3 Å². The lowest BCUT2D eigenvalue weighted by atomic mass is 10.0. The monoisotopic (exact) mass is 323 g/mol. The lowest BCUT2D eigenvalue weighted by Crippen LogP contribution is -2.28. The van der Waals surface area contributed by atoms with Crippen LogP contribution in [0.25, 0.3) is 11.1 Å². The number of nitrogens with zero attached hydrogens (tertiary/aromatic N) is 1. The van der Waals surface area contributed by atoms with Crippen LogP contribution in [0.1, 0.15) is 9.88 Å². The molecule has 0 saturated heterocycles. The fraction of sp³-hybridized carbons (Fsp3) is 0.111. The number of para-hydroxylation sites is 1. The van der Waals surface area contributed by atoms with Crippen LogP contribution in [-0.2, 0) is 6.54 Å². The van der Waals surface area contributed by atoms with Gasteiger partial charge in [0.05, 0.1) is 17.2 Å². The zero-order chi connectivity index (χ0) is 16.1. The Balaban J connectivity index is 1.69. The van der Waals surface area contributed by atoms with Crippen LogP contribution in [0, 0.1) is 6.92 Å². The number of aromatic nitrogens is 1. The number of urea groups is 1. The summed E-state index contributed by atoms with van der Waals surface area (Å²) in [5, 5.41) is 6.78. The van der Waals surface area contributed by atoms with Crippen LogP contribution >= 0.6 is 11.3 Å². The second-order valence-electron chi connectivity index (χ2n) is 5.06. The summed E-state index contributed by atoms with van der Waals surface area (Å²) in [6.45, 7) is 2.43. The number of hydrogen-bond acceptors (Lipinski definition) is 3. The van der Waals surface area contributed by atoms with E-state index >= 15 is 0 Å². The van der Waals surface area contributed by atoms with Crippen molar-refractivity contribution in [2.45, 2.75) is 13.5 Å². The van der Waals surface area contributed by atoms with Crippen molar-refractivity contribution in [3.8, 4) is 11.1 Å². The minimum absolute atomic E-state index is 0.223. The number of benzene rings is 2. The highest BCUT2D eigenvalue weighted by Crippen LogP contribution is 2.27. The number of thiazole rings is 1. The van der Waals surface area contributed by atoms with Gasteiger partial charge in [-0.1, -0.05) is 48.5 Å². The number of rotatable bonds is 4. The van der Waals surface area contributed by atoms with E-state index in [4.69, 9.17) is 0 Å². The Kier molecular flexibility index (Phi) is 4.68. The second kappa shape index (κ2) is 7.07. The average molecular weight is 323 g/mol. The van der Waals surface area contributed by atoms with Gasteiger partial charge in [0.2, 0.25) is 0 Å². The maximum Gasteiger partial charge on any atom is 0.319 e. The molecule has 0 saturated carbocycles. The van der Waals surface area contributed by atoms with Gasteiger partial charge in [0.25, 0.3) is 0 Å². The van der Waals surface area contributed by atoms with E-state index in [1.54, 1.807) is 17.5 Å². The van der Waals surface area contributed by atoms with Crippen molar-refractivity contribution in [1.82, 2.24) is 10.3 Å². The van der Waals surface area contributed by atoms with Gasteiger partial charge in [-0.2, -0.15) is 0 Å². The van der Waals surface area contributed by atoms with E-state index in [2.05, 4.69) is 15.6 Å². The predicted molar refractivity (Wildman–Crippen MR) is 94.6 cm³/mol. The molecule has 1 aromatic heterocycles. The van der Waals surface area contributed by atoms with Crippen molar-refractivity contribution in [1.29, 1.82) is 0 Å². The maximum atomic E-state index is 12.1. The molecule has 2 aromatic carbocycles. The molecule has 0 spiro atoms. The van der Waals surface area contributed by atoms with E-state index in [1.165, 1.54) is 0 Å². The number of aryl methyl sites for hydroxylation is 1. The molecule has 0 aliphatic carbocycles. The molecule has 3 rings (SSSR count). The molecule has 4 nitrogen and oxygen atoms in total. The Morgan fingerprint density at radius 3 is 2.57 bits per heavy atom. The Morgan fingerprint density at radius 1 is 1.09 bits per heavy atom. The molecule has 0 atom stereocenters. The third-order valence-electron chi connectivity index (χ3n) is 3.35. The highest BCUT2D eigenvalue weighted by atomic mass is 32.1. The quantitative estimate of drug-likeness (QED) is 0.746. The largest absolute Gasteiger partial charge is 0.333 e. The minimum Gasteiger partial charge on any atom is -0.333 e. The topological polar surface area (TPSA) is 54.0 Å². The molecule has 3 aromatic rings. The van der Waals surface area contributed by atoms with Crippen molar-refractivity contribution in [2.24, 2.45) is 0 Å². The van der Waals surface area contributed by atoms with E-state index in [-0.39, 0.29) is 6.03 Å². The highest BCUT2D eigenvalue weighted by molar-refractivity contribution is 7.11. The number of amides is 2. The predicted octanol–water partition coefficient (Wildman–Crippen LogP) is 4.44. The van der Waals surface area contributed by atoms with Gasteiger partial charge in [-0.05, 0) is 18.6 Å². The summed E-state index contributed by atoms with van der Waals surface area (Å²) in [6, 6.07) is 17.5. The van der Waals surface area contributed by atoms with Crippen molar-refractivity contribution in [3.63, 3.8) is 0 Å². The number of anilines is 1. The SMILES string of the molecule is Cc1ncc(CNC(=O)Nc2ccccc2-c2ccccc2)s1. The van der Waals surface area contributed by atoms with Gasteiger partial charge in [0.15, 0.2) is 0 Å². The molecule has 116 valence electrons. The molecule has 5 heteroatoms. The molecular formula is C18H17N3OS. The standard InChI is InChI=1S/C18H17N3OS/c1-13-19-11-15(23-13)12-20-18(22)21-17-10-6-5-9-16(17)14-7-3-2-4-8-14/h2-11H,12H2,1H3,(H2,20,21,22). The molecule has 0 radical (unpaired) electrons. The fourth-order valence-electron chi connectivity index (χ4n) is 2.28. The average Bonchev–Trinajstić information content (AvgIpc) is 3.00. The summed E-state index contributed by atoms with van der Waals surface area (Å²) < 4.78 is 0. The molecule has 0 bridgehead atoms. The highest BCUT2D eigenvalue weighted by Gasteiger charge is 2.08. The van der Waals surface area contributed by atoms with E-state index < -0.39 is 0 Å². The van der Waals surface area contributed by atoms with Crippen molar-refractivity contribution in [3.05, 3.63) is 70.7 Å². The van der Waals surface area contributed by atoms with Gasteiger partial charge in [-0.25, -0.2) is 9.78 Å². The summed E-state index contributed by atoms with van der Waals surface area (Å²) >= 11 is 1.58. The van der Waals surface area contributed by atoms with Crippen LogP contribution in [0.5, 0.6) is 0 Å². The van der Waals surface area contributed by atoms with Crippen molar-refractivity contribution in [2.75, 3.05) is 5.32 Å². The molecule has 0 fully saturated rings. The second-order valence-corrected chi connectivity index (χ2v) is 6.38. The van der Waals surface area contributed by atoms with E-state index in [9.17, 15) is 4.79 Å². The van der Waals surface area contributed by atoms with E-state index in [0.29, 0.717) is 6.54 Å². The maximum absolute atomic E-state index is 12.1. The van der Waals surface area contributed by atoms with Crippen LogP contribution in [-0.4, -0.2) is 11.0 Å². The molecule has 0 aliphatic rings. The molecule has 2 N–H and O–H groups in total.